The van der Waals surface area contributed by atoms with Gasteiger partial charge in [0.1, 0.15) is 23.2 Å². The molecule has 3 aromatic rings. The topological polar surface area (TPSA) is 123 Å². The van der Waals surface area contributed by atoms with Crippen LogP contribution in [0.25, 0.3) is 5.69 Å². The number of amides is 1. The molecule has 10 nitrogen and oxygen atoms in total. The first kappa shape index (κ1) is 22.2. The van der Waals surface area contributed by atoms with Crippen LogP contribution in [-0.2, 0) is 14.8 Å². The second kappa shape index (κ2) is 8.83. The summed E-state index contributed by atoms with van der Waals surface area (Å²) in [6.45, 7) is 5.70. The van der Waals surface area contributed by atoms with E-state index in [0.717, 1.165) is 11.3 Å². The molecule has 2 aromatic heterocycles. The SMILES string of the molecule is Cc1noc(C)c1S(=O)(=O)N1CCC(C(=O)NC(C)c2ccc(-n3cncn3)cc2)CC1. The van der Waals surface area contributed by atoms with Gasteiger partial charge in [-0.25, -0.2) is 18.1 Å². The summed E-state index contributed by atoms with van der Waals surface area (Å²) in [6, 6.07) is 7.56. The monoisotopic (exact) mass is 458 g/mol. The number of benzene rings is 1. The van der Waals surface area contributed by atoms with E-state index in [-0.39, 0.29) is 41.6 Å². The first-order valence-electron chi connectivity index (χ1n) is 10.5. The van der Waals surface area contributed by atoms with Crippen LogP contribution in [0.3, 0.4) is 0 Å². The molecule has 1 amide bonds. The second-order valence-corrected chi connectivity index (χ2v) is 9.87. The highest BCUT2D eigenvalue weighted by Crippen LogP contribution is 2.28. The number of piperidine rings is 1. The van der Waals surface area contributed by atoms with E-state index in [4.69, 9.17) is 4.52 Å². The first-order chi connectivity index (χ1) is 15.3. The molecule has 0 spiro atoms. The fourth-order valence-electron chi connectivity index (χ4n) is 4.00. The van der Waals surface area contributed by atoms with Gasteiger partial charge in [-0.3, -0.25) is 4.79 Å². The minimum absolute atomic E-state index is 0.0627. The number of sulfonamides is 1. The highest BCUT2D eigenvalue weighted by Gasteiger charge is 2.35. The summed E-state index contributed by atoms with van der Waals surface area (Å²) in [5.74, 6) is -0.0127. The van der Waals surface area contributed by atoms with Gasteiger partial charge in [0.15, 0.2) is 5.76 Å². The van der Waals surface area contributed by atoms with Crippen molar-refractivity contribution >= 4 is 15.9 Å². The molecule has 1 atom stereocenters. The van der Waals surface area contributed by atoms with E-state index in [1.165, 1.54) is 10.6 Å². The number of hydrogen-bond acceptors (Lipinski definition) is 7. The molecule has 0 radical (unpaired) electrons. The van der Waals surface area contributed by atoms with E-state index in [2.05, 4.69) is 20.6 Å². The normalized spacial score (nSPS) is 16.7. The standard InChI is InChI=1S/C21H26N6O4S/c1-14(17-4-6-19(7-5-17)27-13-22-12-23-27)24-21(28)18-8-10-26(11-9-18)32(29,30)20-15(2)25-31-16(20)3/h4-7,12-14,18H,8-11H2,1-3H3,(H,24,28). The van der Waals surface area contributed by atoms with Crippen molar-refractivity contribution in [2.75, 3.05) is 13.1 Å². The zero-order chi connectivity index (χ0) is 22.9. The Morgan fingerprint density at radius 1 is 1.19 bits per heavy atom. The molecule has 11 heteroatoms. The van der Waals surface area contributed by atoms with Crippen molar-refractivity contribution in [1.29, 1.82) is 0 Å². The van der Waals surface area contributed by atoms with Crippen molar-refractivity contribution in [1.82, 2.24) is 29.5 Å². The van der Waals surface area contributed by atoms with E-state index < -0.39 is 10.0 Å². The Labute approximate surface area is 186 Å². The van der Waals surface area contributed by atoms with Crippen molar-refractivity contribution in [2.45, 2.75) is 44.6 Å². The molecular weight excluding hydrogens is 432 g/mol. The lowest BCUT2D eigenvalue weighted by Gasteiger charge is -2.31. The number of carbonyl (C=O) groups excluding carboxylic acids is 1. The molecule has 0 saturated carbocycles. The van der Waals surface area contributed by atoms with Crippen LogP contribution in [0.5, 0.6) is 0 Å². The van der Waals surface area contributed by atoms with Crippen molar-refractivity contribution in [3.63, 3.8) is 0 Å². The number of nitrogens with one attached hydrogen (secondary N) is 1. The Balaban J connectivity index is 1.34. The second-order valence-electron chi connectivity index (χ2n) is 7.99. The molecule has 1 saturated heterocycles. The predicted octanol–water partition coefficient (Wildman–Crippen LogP) is 2.15. The molecule has 1 unspecified atom stereocenters. The maximum absolute atomic E-state index is 13.0. The van der Waals surface area contributed by atoms with Gasteiger partial charge >= 0.3 is 0 Å². The van der Waals surface area contributed by atoms with Crippen molar-refractivity contribution in [3.05, 3.63) is 53.9 Å². The van der Waals surface area contributed by atoms with E-state index in [1.54, 1.807) is 24.9 Å². The first-order valence-corrected chi connectivity index (χ1v) is 11.9. The lowest BCUT2D eigenvalue weighted by molar-refractivity contribution is -0.126. The lowest BCUT2D eigenvalue weighted by atomic mass is 9.96. The molecule has 1 aliphatic heterocycles. The van der Waals surface area contributed by atoms with Crippen LogP contribution in [0.4, 0.5) is 0 Å². The summed E-state index contributed by atoms with van der Waals surface area (Å²) >= 11 is 0. The minimum atomic E-state index is -3.68. The number of carbonyl (C=O) groups is 1. The van der Waals surface area contributed by atoms with Crippen molar-refractivity contribution in [3.8, 4) is 5.69 Å². The Hall–Kier alpha value is -3.05. The van der Waals surface area contributed by atoms with Gasteiger partial charge in [0.2, 0.25) is 15.9 Å². The molecule has 1 aliphatic rings. The number of nitrogens with zero attached hydrogens (tertiary/aromatic N) is 5. The molecule has 32 heavy (non-hydrogen) atoms. The quantitative estimate of drug-likeness (QED) is 0.600. The van der Waals surface area contributed by atoms with E-state index >= 15 is 0 Å². The zero-order valence-electron chi connectivity index (χ0n) is 18.2. The average Bonchev–Trinajstić information content (AvgIpc) is 3.44. The Bertz CT molecular complexity index is 1160. The van der Waals surface area contributed by atoms with Gasteiger partial charge in [0, 0.05) is 19.0 Å². The number of aryl methyl sites for hydroxylation is 2. The summed E-state index contributed by atoms with van der Waals surface area (Å²) in [6.07, 6.45) is 4.03. The molecule has 1 N–H and O–H groups in total. The minimum Gasteiger partial charge on any atom is -0.360 e. The largest absolute Gasteiger partial charge is 0.360 e. The molecule has 1 fully saturated rings. The molecule has 170 valence electrons. The highest BCUT2D eigenvalue weighted by atomic mass is 32.2. The summed E-state index contributed by atoms with van der Waals surface area (Å²) in [4.78, 5) is 16.9. The zero-order valence-corrected chi connectivity index (χ0v) is 19.0. The van der Waals surface area contributed by atoms with E-state index in [1.807, 2.05) is 31.2 Å². The van der Waals surface area contributed by atoms with Gasteiger partial charge in [0.05, 0.1) is 11.7 Å². The van der Waals surface area contributed by atoms with Crippen LogP contribution < -0.4 is 5.32 Å². The summed E-state index contributed by atoms with van der Waals surface area (Å²) in [5, 5.41) is 10.9. The van der Waals surface area contributed by atoms with Gasteiger partial charge in [-0.1, -0.05) is 17.3 Å². The Morgan fingerprint density at radius 3 is 2.44 bits per heavy atom. The van der Waals surface area contributed by atoms with Gasteiger partial charge < -0.3 is 9.84 Å². The molecule has 4 rings (SSSR count). The molecule has 1 aromatic carbocycles. The third-order valence-electron chi connectivity index (χ3n) is 5.83. The smallest absolute Gasteiger partial charge is 0.248 e. The maximum Gasteiger partial charge on any atom is 0.248 e. The number of aromatic nitrogens is 4. The molecule has 0 aliphatic carbocycles. The lowest BCUT2D eigenvalue weighted by Crippen LogP contribution is -2.43. The van der Waals surface area contributed by atoms with Gasteiger partial charge in [-0.05, 0) is 51.3 Å². The third-order valence-corrected chi connectivity index (χ3v) is 7.97. The van der Waals surface area contributed by atoms with Crippen LogP contribution in [0.1, 0.15) is 42.8 Å². The highest BCUT2D eigenvalue weighted by molar-refractivity contribution is 7.89. The maximum atomic E-state index is 13.0. The Morgan fingerprint density at radius 2 is 1.88 bits per heavy atom. The summed E-state index contributed by atoms with van der Waals surface area (Å²) in [7, 11) is -3.68. The number of hydrogen-bond donors (Lipinski definition) is 1. The Kier molecular flexibility index (Phi) is 6.11. The fourth-order valence-corrected chi connectivity index (χ4v) is 5.76. The van der Waals surface area contributed by atoms with Gasteiger partial charge in [0.25, 0.3) is 0 Å². The van der Waals surface area contributed by atoms with Crippen LogP contribution >= 0.6 is 0 Å². The average molecular weight is 459 g/mol. The fraction of sp³-hybridized carbons (Fsp3) is 0.429. The molecule has 3 heterocycles. The van der Waals surface area contributed by atoms with Crippen molar-refractivity contribution < 1.29 is 17.7 Å². The van der Waals surface area contributed by atoms with Gasteiger partial charge in [-0.15, -0.1) is 0 Å². The van der Waals surface area contributed by atoms with E-state index in [0.29, 0.717) is 18.5 Å². The number of rotatable bonds is 6. The predicted molar refractivity (Wildman–Crippen MR) is 115 cm³/mol. The van der Waals surface area contributed by atoms with Gasteiger partial charge in [-0.2, -0.15) is 9.40 Å². The third kappa shape index (κ3) is 4.30. The molecule has 0 bridgehead atoms. The summed E-state index contributed by atoms with van der Waals surface area (Å²) < 4.78 is 34.0. The van der Waals surface area contributed by atoms with Crippen molar-refractivity contribution in [2.24, 2.45) is 5.92 Å². The van der Waals surface area contributed by atoms with Crippen LogP contribution in [0.2, 0.25) is 0 Å². The molecular formula is C21H26N6O4S. The van der Waals surface area contributed by atoms with Crippen LogP contribution in [-0.4, -0.2) is 51.6 Å². The van der Waals surface area contributed by atoms with Crippen LogP contribution in [0.15, 0.2) is 46.3 Å². The summed E-state index contributed by atoms with van der Waals surface area (Å²) in [5.41, 5.74) is 2.21. The van der Waals surface area contributed by atoms with Crippen LogP contribution in [0, 0.1) is 19.8 Å². The van der Waals surface area contributed by atoms with E-state index in [9.17, 15) is 13.2 Å².